The number of fused-ring (bicyclic) bond motifs is 1. The van der Waals surface area contributed by atoms with E-state index in [-0.39, 0.29) is 31.0 Å². The molecular weight excluding hydrogens is 587 g/mol. The zero-order chi connectivity index (χ0) is 30.6. The molecule has 0 spiro atoms. The van der Waals surface area contributed by atoms with Gasteiger partial charge in [0, 0.05) is 21.7 Å². The van der Waals surface area contributed by atoms with Crippen molar-refractivity contribution < 1.29 is 42.0 Å². The SMILES string of the molecule is Cc1nc2cc(CO)c(Cl)cc2c(OCOC(=O)C2CCCCC2)c1-c1ccc(Oc2ccc(OC(F)(F)F)cc2)cc1. The van der Waals surface area contributed by atoms with Crippen LogP contribution in [0.4, 0.5) is 13.2 Å². The summed E-state index contributed by atoms with van der Waals surface area (Å²) in [6.45, 7) is 1.26. The van der Waals surface area contributed by atoms with E-state index in [0.29, 0.717) is 50.0 Å². The van der Waals surface area contributed by atoms with E-state index < -0.39 is 6.36 Å². The normalized spacial score (nSPS) is 14.0. The Hall–Kier alpha value is -4.02. The van der Waals surface area contributed by atoms with Gasteiger partial charge >= 0.3 is 12.3 Å². The minimum Gasteiger partial charge on any atom is -0.457 e. The quantitative estimate of drug-likeness (QED) is 0.149. The van der Waals surface area contributed by atoms with E-state index in [0.717, 1.165) is 37.7 Å². The third-order valence-corrected chi connectivity index (χ3v) is 7.59. The number of halogens is 4. The molecule has 0 saturated heterocycles. The molecule has 4 aromatic rings. The van der Waals surface area contributed by atoms with Crippen molar-refractivity contribution in [3.8, 4) is 34.1 Å². The lowest BCUT2D eigenvalue weighted by Gasteiger charge is -2.21. The van der Waals surface area contributed by atoms with Crippen LogP contribution in [-0.2, 0) is 16.1 Å². The average Bonchev–Trinajstić information content (AvgIpc) is 2.98. The van der Waals surface area contributed by atoms with Gasteiger partial charge in [0.1, 0.15) is 23.0 Å². The van der Waals surface area contributed by atoms with E-state index in [2.05, 4.69) is 4.74 Å². The van der Waals surface area contributed by atoms with Crippen molar-refractivity contribution in [3.63, 3.8) is 0 Å². The Kier molecular flexibility index (Phi) is 9.27. The smallest absolute Gasteiger partial charge is 0.457 e. The third kappa shape index (κ3) is 7.50. The van der Waals surface area contributed by atoms with Crippen LogP contribution in [0, 0.1) is 12.8 Å². The van der Waals surface area contributed by atoms with Gasteiger partial charge in [-0.05, 0) is 79.4 Å². The zero-order valence-electron chi connectivity index (χ0n) is 23.2. The van der Waals surface area contributed by atoms with Crippen molar-refractivity contribution in [3.05, 3.63) is 76.9 Å². The molecule has 43 heavy (non-hydrogen) atoms. The lowest BCUT2D eigenvalue weighted by atomic mass is 9.89. The summed E-state index contributed by atoms with van der Waals surface area (Å²) in [4.78, 5) is 17.4. The van der Waals surface area contributed by atoms with Crippen molar-refractivity contribution in [2.24, 2.45) is 5.92 Å². The number of ether oxygens (including phenoxy) is 4. The molecule has 1 N–H and O–H groups in total. The molecule has 3 aromatic carbocycles. The van der Waals surface area contributed by atoms with Gasteiger partial charge in [0.2, 0.25) is 6.79 Å². The van der Waals surface area contributed by atoms with Crippen molar-refractivity contribution in [1.29, 1.82) is 0 Å². The summed E-state index contributed by atoms with van der Waals surface area (Å²) in [6.07, 6.45) is -0.0402. The third-order valence-electron chi connectivity index (χ3n) is 7.24. The molecule has 1 aliphatic carbocycles. The molecule has 5 rings (SSSR count). The molecule has 0 radical (unpaired) electrons. The van der Waals surface area contributed by atoms with Crippen molar-refractivity contribution in [2.75, 3.05) is 6.79 Å². The second-order valence-corrected chi connectivity index (χ2v) is 10.6. The fourth-order valence-electron chi connectivity index (χ4n) is 5.16. The second-order valence-electron chi connectivity index (χ2n) is 10.2. The highest BCUT2D eigenvalue weighted by molar-refractivity contribution is 6.32. The highest BCUT2D eigenvalue weighted by atomic mass is 35.5. The Morgan fingerprint density at radius 3 is 2.23 bits per heavy atom. The molecule has 226 valence electrons. The molecule has 1 heterocycles. The second kappa shape index (κ2) is 13.1. The number of aryl methyl sites for hydroxylation is 1. The largest absolute Gasteiger partial charge is 0.573 e. The van der Waals surface area contributed by atoms with Crippen LogP contribution < -0.4 is 14.2 Å². The Balaban J connectivity index is 1.41. The van der Waals surface area contributed by atoms with Crippen molar-refractivity contribution in [2.45, 2.75) is 52.0 Å². The lowest BCUT2D eigenvalue weighted by Crippen LogP contribution is -2.22. The Morgan fingerprint density at radius 2 is 1.60 bits per heavy atom. The minimum absolute atomic E-state index is 0.129. The maximum Gasteiger partial charge on any atom is 0.573 e. The molecule has 0 bridgehead atoms. The van der Waals surface area contributed by atoms with Gasteiger partial charge in [0.05, 0.1) is 18.0 Å². The summed E-state index contributed by atoms with van der Waals surface area (Å²) in [6, 6.07) is 15.4. The van der Waals surface area contributed by atoms with Crippen LogP contribution in [0.5, 0.6) is 23.0 Å². The maximum absolute atomic E-state index is 12.6. The first-order chi connectivity index (χ1) is 20.6. The summed E-state index contributed by atoms with van der Waals surface area (Å²) in [5.74, 6) is 0.423. The summed E-state index contributed by atoms with van der Waals surface area (Å²) in [5, 5.41) is 10.6. The number of carbonyl (C=O) groups is 1. The molecule has 1 fully saturated rings. The maximum atomic E-state index is 12.6. The van der Waals surface area contributed by atoms with Gasteiger partial charge in [0.15, 0.2) is 0 Å². The topological polar surface area (TPSA) is 87.1 Å². The van der Waals surface area contributed by atoms with E-state index in [1.165, 1.54) is 24.3 Å². The minimum atomic E-state index is -4.78. The molecule has 0 unspecified atom stereocenters. The van der Waals surface area contributed by atoms with E-state index in [9.17, 15) is 23.1 Å². The fraction of sp³-hybridized carbons (Fsp3) is 0.312. The first-order valence-corrected chi connectivity index (χ1v) is 14.2. The molecule has 0 amide bonds. The van der Waals surface area contributed by atoms with Gasteiger partial charge in [-0.3, -0.25) is 9.78 Å². The van der Waals surface area contributed by atoms with Gasteiger partial charge in [-0.15, -0.1) is 13.2 Å². The number of aliphatic hydroxyl groups excluding tert-OH is 1. The standard InChI is InChI=1S/C32H29ClF3NO6/c1-19-29(20-7-9-23(10-8-20)42-24-11-13-25(14-12-24)43-32(34,35)36)30(26-16-27(33)22(17-38)15-28(26)37-19)40-18-41-31(39)21-5-3-2-4-6-21/h7-16,21,38H,2-6,17-18H2,1H3. The van der Waals surface area contributed by atoms with Gasteiger partial charge in [0.25, 0.3) is 0 Å². The van der Waals surface area contributed by atoms with Crippen LogP contribution in [0.1, 0.15) is 43.4 Å². The highest BCUT2D eigenvalue weighted by Crippen LogP contribution is 2.41. The molecule has 0 atom stereocenters. The molecule has 1 aromatic heterocycles. The van der Waals surface area contributed by atoms with Crippen LogP contribution in [0.3, 0.4) is 0 Å². The van der Waals surface area contributed by atoms with Crippen molar-refractivity contribution >= 4 is 28.5 Å². The van der Waals surface area contributed by atoms with Crippen LogP contribution >= 0.6 is 11.6 Å². The van der Waals surface area contributed by atoms with E-state index in [1.807, 2.05) is 6.92 Å². The molecule has 11 heteroatoms. The monoisotopic (exact) mass is 615 g/mol. The predicted octanol–water partition coefficient (Wildman–Crippen LogP) is 8.51. The van der Waals surface area contributed by atoms with Crippen LogP contribution in [-0.4, -0.2) is 29.2 Å². The molecule has 7 nitrogen and oxygen atoms in total. The van der Waals surface area contributed by atoms with Gasteiger partial charge < -0.3 is 24.1 Å². The number of aliphatic hydroxyl groups is 1. The number of nitrogens with zero attached hydrogens (tertiary/aromatic N) is 1. The number of hydrogen-bond donors (Lipinski definition) is 1. The molecular formula is C32H29ClF3NO6. The molecule has 1 saturated carbocycles. The number of pyridine rings is 1. The number of carbonyl (C=O) groups excluding carboxylic acids is 1. The number of benzene rings is 3. The van der Waals surface area contributed by atoms with Crippen molar-refractivity contribution in [1.82, 2.24) is 4.98 Å². The van der Waals surface area contributed by atoms with Crippen LogP contribution in [0.25, 0.3) is 22.0 Å². The van der Waals surface area contributed by atoms with Crippen LogP contribution in [0.2, 0.25) is 5.02 Å². The number of alkyl halides is 3. The van der Waals surface area contributed by atoms with E-state index >= 15 is 0 Å². The van der Waals surface area contributed by atoms with Gasteiger partial charge in [-0.2, -0.15) is 0 Å². The Bertz CT molecular complexity index is 1590. The number of rotatable bonds is 9. The molecule has 1 aliphatic rings. The number of aromatic nitrogens is 1. The summed E-state index contributed by atoms with van der Waals surface area (Å²) in [7, 11) is 0. The number of hydrogen-bond acceptors (Lipinski definition) is 7. The van der Waals surface area contributed by atoms with E-state index in [4.69, 9.17) is 30.8 Å². The predicted molar refractivity (Wildman–Crippen MR) is 154 cm³/mol. The first kappa shape index (κ1) is 30.4. The summed E-state index contributed by atoms with van der Waals surface area (Å²) < 4.78 is 58.6. The van der Waals surface area contributed by atoms with Crippen LogP contribution in [0.15, 0.2) is 60.7 Å². The number of esters is 1. The van der Waals surface area contributed by atoms with Gasteiger partial charge in [-0.1, -0.05) is 43.0 Å². The van der Waals surface area contributed by atoms with E-state index in [1.54, 1.807) is 36.4 Å². The average molecular weight is 616 g/mol. The Morgan fingerprint density at radius 1 is 0.977 bits per heavy atom. The Labute approximate surface area is 251 Å². The van der Waals surface area contributed by atoms with Gasteiger partial charge in [-0.25, -0.2) is 0 Å². The lowest BCUT2D eigenvalue weighted by molar-refractivity contribution is -0.274. The molecule has 0 aliphatic heterocycles. The first-order valence-electron chi connectivity index (χ1n) is 13.8. The summed E-state index contributed by atoms with van der Waals surface area (Å²) >= 11 is 6.43. The fourth-order valence-corrected chi connectivity index (χ4v) is 5.39. The zero-order valence-corrected chi connectivity index (χ0v) is 24.0. The summed E-state index contributed by atoms with van der Waals surface area (Å²) in [5.41, 5.74) is 3.07. The highest BCUT2D eigenvalue weighted by Gasteiger charge is 2.31.